The molecule has 4 heteroatoms. The first-order valence-corrected chi connectivity index (χ1v) is 6.98. The molecular formula is C15H22N2O2. The number of hydrogen-bond acceptors (Lipinski definition) is 3. The van der Waals surface area contributed by atoms with Crippen molar-refractivity contribution < 1.29 is 9.90 Å². The van der Waals surface area contributed by atoms with Crippen molar-refractivity contribution in [1.82, 2.24) is 10.2 Å². The summed E-state index contributed by atoms with van der Waals surface area (Å²) in [6.45, 7) is 2.82. The Balaban J connectivity index is 1.84. The molecule has 0 radical (unpaired) electrons. The number of carboxylic acid groups (broad SMARTS) is 1. The van der Waals surface area contributed by atoms with Gasteiger partial charge >= 0.3 is 5.97 Å². The Hall–Kier alpha value is -1.39. The monoisotopic (exact) mass is 262 g/mol. The third kappa shape index (κ3) is 4.65. The molecule has 1 aliphatic rings. The quantitative estimate of drug-likeness (QED) is 0.819. The summed E-state index contributed by atoms with van der Waals surface area (Å²) in [5, 5.41) is 12.4. The van der Waals surface area contributed by atoms with Crippen LogP contribution in [0, 0.1) is 0 Å². The number of piperidine rings is 1. The fraction of sp³-hybridized carbons (Fsp3) is 0.533. The maximum atomic E-state index is 11.3. The lowest BCUT2D eigenvalue weighted by atomic mass is 10.1. The molecule has 4 nitrogen and oxygen atoms in total. The number of likely N-dealkylation sites (tertiary alicyclic amines) is 1. The van der Waals surface area contributed by atoms with E-state index in [4.69, 9.17) is 0 Å². The SMILES string of the molecule is O=C(O)C(Cc1ccccc1)NCN1CCCCC1. The van der Waals surface area contributed by atoms with E-state index in [1.54, 1.807) is 0 Å². The van der Waals surface area contributed by atoms with Crippen LogP contribution in [0.5, 0.6) is 0 Å². The van der Waals surface area contributed by atoms with E-state index in [2.05, 4.69) is 10.2 Å². The third-order valence-corrected chi connectivity index (χ3v) is 3.59. The maximum absolute atomic E-state index is 11.3. The molecule has 0 spiro atoms. The number of nitrogens with one attached hydrogen (secondary N) is 1. The van der Waals surface area contributed by atoms with Crippen molar-refractivity contribution in [3.05, 3.63) is 35.9 Å². The highest BCUT2D eigenvalue weighted by molar-refractivity contribution is 5.73. The molecule has 0 amide bonds. The number of rotatable bonds is 6. The largest absolute Gasteiger partial charge is 0.480 e. The van der Waals surface area contributed by atoms with E-state index in [9.17, 15) is 9.90 Å². The molecule has 2 N–H and O–H groups in total. The molecule has 0 aromatic heterocycles. The van der Waals surface area contributed by atoms with Crippen LogP contribution in [0.2, 0.25) is 0 Å². The highest BCUT2D eigenvalue weighted by Gasteiger charge is 2.19. The van der Waals surface area contributed by atoms with E-state index in [-0.39, 0.29) is 0 Å². The first-order chi connectivity index (χ1) is 9.25. The van der Waals surface area contributed by atoms with Gasteiger partial charge in [0.25, 0.3) is 0 Å². The van der Waals surface area contributed by atoms with Gasteiger partial charge < -0.3 is 5.11 Å². The summed E-state index contributed by atoms with van der Waals surface area (Å²) in [5.41, 5.74) is 1.06. The van der Waals surface area contributed by atoms with Crippen molar-refractivity contribution in [3.63, 3.8) is 0 Å². The Morgan fingerprint density at radius 1 is 1.21 bits per heavy atom. The molecule has 1 aliphatic heterocycles. The predicted molar refractivity (Wildman–Crippen MR) is 75.0 cm³/mol. The second kappa shape index (κ2) is 7.26. The molecule has 1 aromatic carbocycles. The first-order valence-electron chi connectivity index (χ1n) is 6.98. The van der Waals surface area contributed by atoms with Gasteiger partial charge in [-0.15, -0.1) is 0 Å². The molecule has 1 heterocycles. The van der Waals surface area contributed by atoms with Gasteiger partial charge in [0.1, 0.15) is 6.04 Å². The summed E-state index contributed by atoms with van der Waals surface area (Å²) >= 11 is 0. The maximum Gasteiger partial charge on any atom is 0.321 e. The summed E-state index contributed by atoms with van der Waals surface area (Å²) < 4.78 is 0. The summed E-state index contributed by atoms with van der Waals surface area (Å²) in [6.07, 6.45) is 4.27. The standard InChI is InChI=1S/C15H22N2O2/c18-15(19)14(11-13-7-3-1-4-8-13)16-12-17-9-5-2-6-10-17/h1,3-4,7-8,14,16H,2,5-6,9-12H2,(H,18,19). The Kier molecular flexibility index (Phi) is 5.36. The van der Waals surface area contributed by atoms with Crippen LogP contribution in [0.1, 0.15) is 24.8 Å². The minimum absolute atomic E-state index is 0.510. The van der Waals surface area contributed by atoms with Crippen molar-refractivity contribution in [3.8, 4) is 0 Å². The Morgan fingerprint density at radius 2 is 1.89 bits per heavy atom. The van der Waals surface area contributed by atoms with E-state index in [0.717, 1.165) is 18.7 Å². The molecular weight excluding hydrogens is 240 g/mol. The van der Waals surface area contributed by atoms with Gasteiger partial charge in [0, 0.05) is 6.67 Å². The first kappa shape index (κ1) is 14.0. The van der Waals surface area contributed by atoms with Gasteiger partial charge in [-0.25, -0.2) is 0 Å². The van der Waals surface area contributed by atoms with Crippen LogP contribution in [-0.2, 0) is 11.2 Å². The molecule has 19 heavy (non-hydrogen) atoms. The van der Waals surface area contributed by atoms with Crippen LogP contribution in [0.4, 0.5) is 0 Å². The van der Waals surface area contributed by atoms with Crippen molar-refractivity contribution in [2.45, 2.75) is 31.7 Å². The summed E-state index contributed by atoms with van der Waals surface area (Å²) in [7, 11) is 0. The third-order valence-electron chi connectivity index (χ3n) is 3.59. The fourth-order valence-electron chi connectivity index (χ4n) is 2.45. The number of hydrogen-bond donors (Lipinski definition) is 2. The number of nitrogens with zero attached hydrogens (tertiary/aromatic N) is 1. The molecule has 0 aliphatic carbocycles. The zero-order valence-corrected chi connectivity index (χ0v) is 11.2. The van der Waals surface area contributed by atoms with Gasteiger partial charge in [0.15, 0.2) is 0 Å². The van der Waals surface area contributed by atoms with Gasteiger partial charge in [0.05, 0.1) is 0 Å². The minimum Gasteiger partial charge on any atom is -0.480 e. The molecule has 1 saturated heterocycles. The fourth-order valence-corrected chi connectivity index (χ4v) is 2.45. The Morgan fingerprint density at radius 3 is 2.53 bits per heavy atom. The van der Waals surface area contributed by atoms with Crippen LogP contribution in [-0.4, -0.2) is 41.8 Å². The molecule has 104 valence electrons. The van der Waals surface area contributed by atoms with E-state index in [1.807, 2.05) is 30.3 Å². The molecule has 1 unspecified atom stereocenters. The van der Waals surface area contributed by atoms with Gasteiger partial charge in [-0.2, -0.15) is 0 Å². The van der Waals surface area contributed by atoms with Crippen LogP contribution in [0.15, 0.2) is 30.3 Å². The summed E-state index contributed by atoms with van der Waals surface area (Å²) in [5.74, 6) is -0.777. The van der Waals surface area contributed by atoms with E-state index >= 15 is 0 Å². The van der Waals surface area contributed by atoms with E-state index in [1.165, 1.54) is 19.3 Å². The zero-order valence-electron chi connectivity index (χ0n) is 11.2. The van der Waals surface area contributed by atoms with Crippen LogP contribution < -0.4 is 5.32 Å². The molecule has 1 aromatic rings. The van der Waals surface area contributed by atoms with Gasteiger partial charge in [-0.3, -0.25) is 15.0 Å². The number of aliphatic carboxylic acids is 1. The summed E-state index contributed by atoms with van der Waals surface area (Å²) in [6, 6.07) is 9.26. The van der Waals surface area contributed by atoms with Crippen molar-refractivity contribution >= 4 is 5.97 Å². The highest BCUT2D eigenvalue weighted by Crippen LogP contribution is 2.08. The Bertz CT molecular complexity index is 388. The van der Waals surface area contributed by atoms with Crippen molar-refractivity contribution in [1.29, 1.82) is 0 Å². The molecule has 0 saturated carbocycles. The number of carbonyl (C=O) groups is 1. The average Bonchev–Trinajstić information content (AvgIpc) is 2.45. The normalized spacial score (nSPS) is 18.1. The van der Waals surface area contributed by atoms with Crippen LogP contribution in [0.25, 0.3) is 0 Å². The average molecular weight is 262 g/mol. The number of carboxylic acids is 1. The van der Waals surface area contributed by atoms with Gasteiger partial charge in [-0.1, -0.05) is 36.8 Å². The van der Waals surface area contributed by atoms with Crippen LogP contribution >= 0.6 is 0 Å². The molecule has 0 bridgehead atoms. The summed E-state index contributed by atoms with van der Waals surface area (Å²) in [4.78, 5) is 13.6. The van der Waals surface area contributed by atoms with Gasteiger partial charge in [0.2, 0.25) is 0 Å². The van der Waals surface area contributed by atoms with Crippen LogP contribution in [0.3, 0.4) is 0 Å². The van der Waals surface area contributed by atoms with E-state index < -0.39 is 12.0 Å². The second-order valence-electron chi connectivity index (χ2n) is 5.12. The van der Waals surface area contributed by atoms with E-state index in [0.29, 0.717) is 13.1 Å². The van der Waals surface area contributed by atoms with Crippen molar-refractivity contribution in [2.75, 3.05) is 19.8 Å². The second-order valence-corrected chi connectivity index (χ2v) is 5.12. The number of benzene rings is 1. The zero-order chi connectivity index (χ0) is 13.5. The molecule has 1 atom stereocenters. The lowest BCUT2D eigenvalue weighted by molar-refractivity contribution is -0.139. The topological polar surface area (TPSA) is 52.6 Å². The van der Waals surface area contributed by atoms with Crippen molar-refractivity contribution in [2.24, 2.45) is 0 Å². The van der Waals surface area contributed by atoms with Gasteiger partial charge in [-0.05, 0) is 37.9 Å². The highest BCUT2D eigenvalue weighted by atomic mass is 16.4. The molecule has 2 rings (SSSR count). The molecule has 1 fully saturated rings. The lowest BCUT2D eigenvalue weighted by Gasteiger charge is -2.28. The Labute approximate surface area is 114 Å². The smallest absolute Gasteiger partial charge is 0.321 e. The lowest BCUT2D eigenvalue weighted by Crippen LogP contribution is -2.46. The minimum atomic E-state index is -0.777. The predicted octanol–water partition coefficient (Wildman–Crippen LogP) is 1.72.